The van der Waals surface area contributed by atoms with Gasteiger partial charge >= 0.3 is 0 Å². The lowest BCUT2D eigenvalue weighted by Crippen LogP contribution is -2.37. The second-order valence-electron chi connectivity index (χ2n) is 4.52. The number of aliphatic hydroxyl groups excluding tert-OH is 1. The summed E-state index contributed by atoms with van der Waals surface area (Å²) in [7, 11) is 3.24. The fourth-order valence-electron chi connectivity index (χ4n) is 2.35. The molecule has 18 heavy (non-hydrogen) atoms. The normalized spacial score (nSPS) is 20.7. The van der Waals surface area contributed by atoms with Crippen molar-refractivity contribution in [3.05, 3.63) is 18.0 Å². The Hall–Kier alpha value is -1.33. The molecule has 1 N–H and O–H groups in total. The lowest BCUT2D eigenvalue weighted by Gasteiger charge is -2.30. The summed E-state index contributed by atoms with van der Waals surface area (Å²) in [5, 5.41) is 9.67. The van der Waals surface area contributed by atoms with E-state index in [0.29, 0.717) is 24.6 Å². The molecule has 0 spiro atoms. The smallest absolute Gasteiger partial charge is 0.183 e. The van der Waals surface area contributed by atoms with Gasteiger partial charge in [-0.3, -0.25) is 9.88 Å². The Bertz CT molecular complexity index is 398. The van der Waals surface area contributed by atoms with E-state index < -0.39 is 0 Å². The van der Waals surface area contributed by atoms with E-state index in [0.717, 1.165) is 25.1 Å². The topological polar surface area (TPSA) is 54.8 Å². The molecule has 1 aromatic rings. The van der Waals surface area contributed by atoms with E-state index in [9.17, 15) is 5.11 Å². The van der Waals surface area contributed by atoms with Crippen molar-refractivity contribution in [2.45, 2.75) is 25.5 Å². The average molecular weight is 252 g/mol. The maximum Gasteiger partial charge on any atom is 0.183 e. The Kier molecular flexibility index (Phi) is 4.38. The van der Waals surface area contributed by atoms with Gasteiger partial charge in [-0.1, -0.05) is 0 Å². The van der Waals surface area contributed by atoms with Gasteiger partial charge in [0.25, 0.3) is 0 Å². The van der Waals surface area contributed by atoms with E-state index in [-0.39, 0.29) is 6.10 Å². The number of pyridine rings is 1. The van der Waals surface area contributed by atoms with Gasteiger partial charge in [0.15, 0.2) is 11.5 Å². The molecule has 2 heterocycles. The Morgan fingerprint density at radius 1 is 1.44 bits per heavy atom. The summed E-state index contributed by atoms with van der Waals surface area (Å²) < 4.78 is 10.6. The molecule has 1 aliphatic heterocycles. The van der Waals surface area contributed by atoms with Crippen molar-refractivity contribution in [1.29, 1.82) is 0 Å². The highest BCUT2D eigenvalue weighted by molar-refractivity contribution is 5.42. The molecule has 0 bridgehead atoms. The number of likely N-dealkylation sites (tertiary alicyclic amines) is 1. The Balaban J connectivity index is 2.12. The van der Waals surface area contributed by atoms with Gasteiger partial charge in [0.2, 0.25) is 0 Å². The molecule has 0 saturated carbocycles. The Labute approximate surface area is 107 Å². The summed E-state index contributed by atoms with van der Waals surface area (Å²) in [4.78, 5) is 6.54. The number of nitrogens with zero attached hydrogens (tertiary/aromatic N) is 2. The lowest BCUT2D eigenvalue weighted by atomic mass is 10.1. The van der Waals surface area contributed by atoms with E-state index in [2.05, 4.69) is 9.88 Å². The highest BCUT2D eigenvalue weighted by Gasteiger charge is 2.20. The van der Waals surface area contributed by atoms with Crippen molar-refractivity contribution < 1.29 is 14.6 Å². The van der Waals surface area contributed by atoms with Crippen LogP contribution in [0.5, 0.6) is 11.5 Å². The van der Waals surface area contributed by atoms with Gasteiger partial charge in [0, 0.05) is 25.4 Å². The van der Waals surface area contributed by atoms with Crippen molar-refractivity contribution in [3.63, 3.8) is 0 Å². The molecule has 1 fully saturated rings. The van der Waals surface area contributed by atoms with Crippen LogP contribution in [0.15, 0.2) is 12.3 Å². The fourth-order valence-corrected chi connectivity index (χ4v) is 2.35. The van der Waals surface area contributed by atoms with Gasteiger partial charge in [-0.05, 0) is 19.4 Å². The highest BCUT2D eigenvalue weighted by Crippen LogP contribution is 2.30. The second kappa shape index (κ2) is 6.02. The molecule has 1 unspecified atom stereocenters. The minimum Gasteiger partial charge on any atom is -0.493 e. The van der Waals surface area contributed by atoms with Gasteiger partial charge in [0.1, 0.15) is 5.69 Å². The zero-order valence-electron chi connectivity index (χ0n) is 10.9. The molecule has 1 aliphatic rings. The third-order valence-electron chi connectivity index (χ3n) is 3.22. The number of hydrogen-bond acceptors (Lipinski definition) is 5. The standard InChI is InChI=1S/C13H20N2O3/c1-17-12-5-6-14-11(13(12)18-2)9-15-7-3-4-10(16)8-15/h5-6,10,16H,3-4,7-9H2,1-2H3. The summed E-state index contributed by atoms with van der Waals surface area (Å²) >= 11 is 0. The van der Waals surface area contributed by atoms with E-state index in [1.165, 1.54) is 0 Å². The molecule has 100 valence electrons. The predicted molar refractivity (Wildman–Crippen MR) is 67.9 cm³/mol. The quantitative estimate of drug-likeness (QED) is 0.868. The Morgan fingerprint density at radius 2 is 2.28 bits per heavy atom. The monoisotopic (exact) mass is 252 g/mol. The SMILES string of the molecule is COc1ccnc(CN2CCCC(O)C2)c1OC. The molecule has 0 amide bonds. The molecule has 0 radical (unpaired) electrons. The molecule has 1 saturated heterocycles. The van der Waals surface area contributed by atoms with Crippen molar-refractivity contribution in [2.24, 2.45) is 0 Å². The molecular formula is C13H20N2O3. The van der Waals surface area contributed by atoms with E-state index in [1.807, 2.05) is 0 Å². The lowest BCUT2D eigenvalue weighted by molar-refractivity contribution is 0.0657. The molecule has 5 heteroatoms. The molecule has 1 atom stereocenters. The maximum absolute atomic E-state index is 9.67. The van der Waals surface area contributed by atoms with Gasteiger partial charge in [-0.15, -0.1) is 0 Å². The Morgan fingerprint density at radius 3 is 2.94 bits per heavy atom. The summed E-state index contributed by atoms with van der Waals surface area (Å²) in [6.07, 6.45) is 3.40. The van der Waals surface area contributed by atoms with Crippen molar-refractivity contribution in [2.75, 3.05) is 27.3 Å². The first-order valence-corrected chi connectivity index (χ1v) is 6.21. The van der Waals surface area contributed by atoms with Crippen LogP contribution < -0.4 is 9.47 Å². The van der Waals surface area contributed by atoms with E-state index in [1.54, 1.807) is 26.5 Å². The van der Waals surface area contributed by atoms with Crippen LogP contribution in [-0.4, -0.2) is 48.4 Å². The number of piperidine rings is 1. The van der Waals surface area contributed by atoms with Crippen molar-refractivity contribution in [3.8, 4) is 11.5 Å². The van der Waals surface area contributed by atoms with E-state index in [4.69, 9.17) is 9.47 Å². The summed E-state index contributed by atoms with van der Waals surface area (Å²) in [5.41, 5.74) is 0.853. The first-order chi connectivity index (χ1) is 8.74. The van der Waals surface area contributed by atoms with Gasteiger partial charge in [-0.2, -0.15) is 0 Å². The van der Waals surface area contributed by atoms with Crippen LogP contribution in [0.25, 0.3) is 0 Å². The van der Waals surface area contributed by atoms with Gasteiger partial charge in [0.05, 0.1) is 20.3 Å². The second-order valence-corrected chi connectivity index (χ2v) is 4.52. The van der Waals surface area contributed by atoms with E-state index >= 15 is 0 Å². The number of aliphatic hydroxyl groups is 1. The first kappa shape index (κ1) is 13.1. The minimum absolute atomic E-state index is 0.227. The molecule has 1 aromatic heterocycles. The number of rotatable bonds is 4. The van der Waals surface area contributed by atoms with Crippen LogP contribution in [0.1, 0.15) is 18.5 Å². The molecule has 2 rings (SSSR count). The van der Waals surface area contributed by atoms with Crippen molar-refractivity contribution in [1.82, 2.24) is 9.88 Å². The van der Waals surface area contributed by atoms with Crippen LogP contribution in [-0.2, 0) is 6.54 Å². The molecule has 0 aliphatic carbocycles. The summed E-state index contributed by atoms with van der Waals surface area (Å²) in [5.74, 6) is 1.38. The van der Waals surface area contributed by atoms with Crippen LogP contribution in [0, 0.1) is 0 Å². The molecule has 0 aromatic carbocycles. The predicted octanol–water partition coefficient (Wildman–Crippen LogP) is 1.06. The average Bonchev–Trinajstić information content (AvgIpc) is 2.38. The summed E-state index contributed by atoms with van der Waals surface area (Å²) in [6.45, 7) is 2.36. The van der Waals surface area contributed by atoms with Crippen LogP contribution in [0.4, 0.5) is 0 Å². The summed E-state index contributed by atoms with van der Waals surface area (Å²) in [6, 6.07) is 1.79. The third-order valence-corrected chi connectivity index (χ3v) is 3.22. The van der Waals surface area contributed by atoms with Crippen LogP contribution >= 0.6 is 0 Å². The molecular weight excluding hydrogens is 232 g/mol. The fraction of sp³-hybridized carbons (Fsp3) is 0.615. The zero-order valence-corrected chi connectivity index (χ0v) is 10.9. The number of hydrogen-bond donors (Lipinski definition) is 1. The zero-order chi connectivity index (χ0) is 13.0. The largest absolute Gasteiger partial charge is 0.493 e. The molecule has 5 nitrogen and oxygen atoms in total. The first-order valence-electron chi connectivity index (χ1n) is 6.21. The number of methoxy groups -OCH3 is 2. The van der Waals surface area contributed by atoms with Gasteiger partial charge in [-0.25, -0.2) is 0 Å². The number of aromatic nitrogens is 1. The maximum atomic E-state index is 9.67. The van der Waals surface area contributed by atoms with Crippen molar-refractivity contribution >= 4 is 0 Å². The number of ether oxygens (including phenoxy) is 2. The van der Waals surface area contributed by atoms with Gasteiger partial charge < -0.3 is 14.6 Å². The number of β-amino-alcohol motifs (C(OH)–C–C–N with tert-alkyl or cyclic N) is 1. The van der Waals surface area contributed by atoms with Crippen LogP contribution in [0.2, 0.25) is 0 Å². The van der Waals surface area contributed by atoms with Crippen LogP contribution in [0.3, 0.4) is 0 Å². The highest BCUT2D eigenvalue weighted by atomic mass is 16.5. The third kappa shape index (κ3) is 2.91. The minimum atomic E-state index is -0.227.